The van der Waals surface area contributed by atoms with Crippen molar-refractivity contribution in [2.75, 3.05) is 5.73 Å². The largest absolute Gasteiger partial charge is 0.398 e. The minimum absolute atomic E-state index is 0.0397. The summed E-state index contributed by atoms with van der Waals surface area (Å²) in [6.07, 6.45) is 2.24. The fourth-order valence-corrected chi connectivity index (χ4v) is 2.00. The SMILES string of the molecule is CCC1CC1NC(=O)c1cccc(C)c1N. The second-order valence-electron chi connectivity index (χ2n) is 4.52. The van der Waals surface area contributed by atoms with Crippen molar-refractivity contribution in [1.29, 1.82) is 0 Å². The van der Waals surface area contributed by atoms with Crippen LogP contribution in [0.2, 0.25) is 0 Å². The summed E-state index contributed by atoms with van der Waals surface area (Å²) >= 11 is 0. The summed E-state index contributed by atoms with van der Waals surface area (Å²) in [5.41, 5.74) is 8.03. The van der Waals surface area contributed by atoms with E-state index in [0.29, 0.717) is 23.2 Å². The van der Waals surface area contributed by atoms with Crippen LogP contribution in [0.15, 0.2) is 18.2 Å². The van der Waals surface area contributed by atoms with Crippen LogP contribution in [0.25, 0.3) is 0 Å². The van der Waals surface area contributed by atoms with Gasteiger partial charge in [-0.2, -0.15) is 0 Å². The number of benzene rings is 1. The third kappa shape index (κ3) is 2.03. The van der Waals surface area contributed by atoms with E-state index in [4.69, 9.17) is 5.73 Å². The number of nitrogen functional groups attached to an aromatic ring is 1. The molecule has 16 heavy (non-hydrogen) atoms. The highest BCUT2D eigenvalue weighted by atomic mass is 16.1. The van der Waals surface area contributed by atoms with E-state index >= 15 is 0 Å². The van der Waals surface area contributed by atoms with Crippen molar-refractivity contribution in [1.82, 2.24) is 5.32 Å². The summed E-state index contributed by atoms with van der Waals surface area (Å²) in [4.78, 5) is 11.9. The highest BCUT2D eigenvalue weighted by molar-refractivity contribution is 6.00. The summed E-state index contributed by atoms with van der Waals surface area (Å²) in [5.74, 6) is 0.622. The van der Waals surface area contributed by atoms with Crippen molar-refractivity contribution in [2.24, 2.45) is 5.92 Å². The van der Waals surface area contributed by atoms with Crippen molar-refractivity contribution < 1.29 is 4.79 Å². The third-order valence-electron chi connectivity index (χ3n) is 3.33. The molecule has 0 heterocycles. The van der Waals surface area contributed by atoms with Gasteiger partial charge in [-0.05, 0) is 30.9 Å². The lowest BCUT2D eigenvalue weighted by atomic mass is 10.1. The highest BCUT2D eigenvalue weighted by Gasteiger charge is 2.36. The van der Waals surface area contributed by atoms with Crippen LogP contribution in [0.4, 0.5) is 5.69 Å². The predicted octanol–water partition coefficient (Wildman–Crippen LogP) is 2.11. The summed E-state index contributed by atoms with van der Waals surface area (Å²) in [6.45, 7) is 4.07. The van der Waals surface area contributed by atoms with Gasteiger partial charge in [-0.3, -0.25) is 4.79 Å². The number of carbonyl (C=O) groups excluding carboxylic acids is 1. The molecule has 0 aromatic heterocycles. The Hall–Kier alpha value is -1.51. The molecule has 1 aliphatic carbocycles. The number of para-hydroxylation sites is 1. The Balaban J connectivity index is 2.07. The molecule has 3 N–H and O–H groups in total. The first kappa shape index (κ1) is 11.0. The molecule has 1 aromatic carbocycles. The molecule has 0 saturated heterocycles. The number of hydrogen-bond acceptors (Lipinski definition) is 2. The van der Waals surface area contributed by atoms with Crippen LogP contribution < -0.4 is 11.1 Å². The first-order valence-electron chi connectivity index (χ1n) is 5.79. The van der Waals surface area contributed by atoms with E-state index in [1.807, 2.05) is 19.1 Å². The minimum Gasteiger partial charge on any atom is -0.398 e. The number of amides is 1. The molecule has 1 saturated carbocycles. The summed E-state index contributed by atoms with van der Waals surface area (Å²) in [5, 5.41) is 3.02. The molecule has 0 radical (unpaired) electrons. The second-order valence-corrected chi connectivity index (χ2v) is 4.52. The summed E-state index contributed by atoms with van der Waals surface area (Å²) in [6, 6.07) is 5.92. The van der Waals surface area contributed by atoms with Crippen LogP contribution in [-0.2, 0) is 0 Å². The topological polar surface area (TPSA) is 55.1 Å². The fourth-order valence-electron chi connectivity index (χ4n) is 2.00. The van der Waals surface area contributed by atoms with Crippen molar-refractivity contribution in [2.45, 2.75) is 32.7 Å². The molecule has 0 spiro atoms. The molecule has 0 bridgehead atoms. The quantitative estimate of drug-likeness (QED) is 0.763. The predicted molar refractivity (Wildman–Crippen MR) is 65.2 cm³/mol. The number of nitrogens with two attached hydrogens (primary N) is 1. The smallest absolute Gasteiger partial charge is 0.253 e. The zero-order chi connectivity index (χ0) is 11.7. The lowest BCUT2D eigenvalue weighted by Crippen LogP contribution is -2.27. The number of nitrogens with one attached hydrogen (secondary N) is 1. The van der Waals surface area contributed by atoms with Crippen molar-refractivity contribution in [3.63, 3.8) is 0 Å². The zero-order valence-electron chi connectivity index (χ0n) is 9.79. The Morgan fingerprint density at radius 1 is 1.56 bits per heavy atom. The molecule has 3 heteroatoms. The molecule has 1 aliphatic rings. The Kier molecular flexibility index (Phi) is 2.86. The average Bonchev–Trinajstić information content (AvgIpc) is 3.00. The molecule has 1 fully saturated rings. The van der Waals surface area contributed by atoms with Crippen molar-refractivity contribution >= 4 is 11.6 Å². The number of rotatable bonds is 3. The molecular weight excluding hydrogens is 200 g/mol. The van der Waals surface area contributed by atoms with E-state index in [0.717, 1.165) is 18.4 Å². The van der Waals surface area contributed by atoms with Gasteiger partial charge in [-0.1, -0.05) is 25.5 Å². The lowest BCUT2D eigenvalue weighted by Gasteiger charge is -2.08. The molecule has 3 nitrogen and oxygen atoms in total. The van der Waals surface area contributed by atoms with Gasteiger partial charge in [-0.15, -0.1) is 0 Å². The van der Waals surface area contributed by atoms with Crippen LogP contribution >= 0.6 is 0 Å². The van der Waals surface area contributed by atoms with E-state index in [9.17, 15) is 4.79 Å². The van der Waals surface area contributed by atoms with Gasteiger partial charge >= 0.3 is 0 Å². The Morgan fingerprint density at radius 2 is 2.31 bits per heavy atom. The lowest BCUT2D eigenvalue weighted by molar-refractivity contribution is 0.0950. The Labute approximate surface area is 96.0 Å². The van der Waals surface area contributed by atoms with Gasteiger partial charge in [0.15, 0.2) is 0 Å². The van der Waals surface area contributed by atoms with Gasteiger partial charge in [0.2, 0.25) is 0 Å². The van der Waals surface area contributed by atoms with Crippen LogP contribution in [0.5, 0.6) is 0 Å². The van der Waals surface area contributed by atoms with Gasteiger partial charge in [0.25, 0.3) is 5.91 Å². The molecule has 1 aromatic rings. The Bertz CT molecular complexity index is 414. The molecule has 2 unspecified atom stereocenters. The normalized spacial score (nSPS) is 22.9. The van der Waals surface area contributed by atoms with E-state index in [1.165, 1.54) is 0 Å². The minimum atomic E-state index is -0.0397. The van der Waals surface area contributed by atoms with Gasteiger partial charge in [0.1, 0.15) is 0 Å². The fraction of sp³-hybridized carbons (Fsp3) is 0.462. The van der Waals surface area contributed by atoms with Crippen molar-refractivity contribution in [3.05, 3.63) is 29.3 Å². The Morgan fingerprint density at radius 3 is 2.94 bits per heavy atom. The molecule has 2 atom stereocenters. The average molecular weight is 218 g/mol. The number of anilines is 1. The van der Waals surface area contributed by atoms with Crippen LogP contribution in [-0.4, -0.2) is 11.9 Å². The monoisotopic (exact) mass is 218 g/mol. The van der Waals surface area contributed by atoms with E-state index < -0.39 is 0 Å². The maximum absolute atomic E-state index is 11.9. The second kappa shape index (κ2) is 4.16. The van der Waals surface area contributed by atoms with E-state index in [-0.39, 0.29) is 5.91 Å². The van der Waals surface area contributed by atoms with Gasteiger partial charge in [-0.25, -0.2) is 0 Å². The van der Waals surface area contributed by atoms with Gasteiger partial charge < -0.3 is 11.1 Å². The molecule has 1 amide bonds. The van der Waals surface area contributed by atoms with Crippen LogP contribution in [0.1, 0.15) is 35.7 Å². The standard InChI is InChI=1S/C13H18N2O/c1-3-9-7-11(9)15-13(16)10-6-4-5-8(2)12(10)14/h4-6,9,11H,3,7,14H2,1-2H3,(H,15,16). The van der Waals surface area contributed by atoms with Crippen LogP contribution in [0.3, 0.4) is 0 Å². The number of aryl methyl sites for hydroxylation is 1. The van der Waals surface area contributed by atoms with Crippen molar-refractivity contribution in [3.8, 4) is 0 Å². The van der Waals surface area contributed by atoms with E-state index in [2.05, 4.69) is 12.2 Å². The van der Waals surface area contributed by atoms with Crippen LogP contribution in [0, 0.1) is 12.8 Å². The number of hydrogen-bond donors (Lipinski definition) is 2. The maximum Gasteiger partial charge on any atom is 0.253 e. The first-order valence-corrected chi connectivity index (χ1v) is 5.79. The highest BCUT2D eigenvalue weighted by Crippen LogP contribution is 2.33. The summed E-state index contributed by atoms with van der Waals surface area (Å²) < 4.78 is 0. The van der Waals surface area contributed by atoms with Gasteiger partial charge in [0.05, 0.1) is 5.56 Å². The number of carbonyl (C=O) groups is 1. The maximum atomic E-state index is 11.9. The van der Waals surface area contributed by atoms with Gasteiger partial charge in [0, 0.05) is 11.7 Å². The summed E-state index contributed by atoms with van der Waals surface area (Å²) in [7, 11) is 0. The zero-order valence-corrected chi connectivity index (χ0v) is 9.79. The molecule has 86 valence electrons. The molecular formula is C13H18N2O. The third-order valence-corrected chi connectivity index (χ3v) is 3.33. The molecule has 0 aliphatic heterocycles. The van der Waals surface area contributed by atoms with E-state index in [1.54, 1.807) is 6.07 Å². The first-order chi connectivity index (χ1) is 7.63. The molecule has 2 rings (SSSR count).